The molecule has 3 aromatic rings. The van der Waals surface area contributed by atoms with Gasteiger partial charge in [0.25, 0.3) is 0 Å². The average Bonchev–Trinajstić information content (AvgIpc) is 3.46. The lowest BCUT2D eigenvalue weighted by Gasteiger charge is -2.34. The molecule has 1 fully saturated rings. The van der Waals surface area contributed by atoms with Gasteiger partial charge in [-0.3, -0.25) is 9.59 Å². The molecule has 0 bridgehead atoms. The predicted molar refractivity (Wildman–Crippen MR) is 149 cm³/mol. The average molecular weight is 537 g/mol. The van der Waals surface area contributed by atoms with E-state index in [2.05, 4.69) is 5.32 Å². The Morgan fingerprint density at radius 1 is 0.947 bits per heavy atom. The van der Waals surface area contributed by atoms with E-state index in [0.717, 1.165) is 36.1 Å². The van der Waals surface area contributed by atoms with Crippen LogP contribution in [0.1, 0.15) is 54.1 Å². The topological polar surface area (TPSA) is 77.1 Å². The zero-order chi connectivity index (χ0) is 26.9. The molecule has 0 spiro atoms. The lowest BCUT2D eigenvalue weighted by Crippen LogP contribution is -2.47. The zero-order valence-electron chi connectivity index (χ0n) is 22.3. The summed E-state index contributed by atoms with van der Waals surface area (Å²) in [6.45, 7) is 0.249. The second-order valence-corrected chi connectivity index (χ2v) is 10.5. The van der Waals surface area contributed by atoms with E-state index in [4.69, 9.17) is 14.2 Å². The summed E-state index contributed by atoms with van der Waals surface area (Å²) in [5.74, 6) is 1.45. The molecule has 2 amide bonds. The highest BCUT2D eigenvalue weighted by atomic mass is 32.1. The highest BCUT2D eigenvalue weighted by Crippen LogP contribution is 2.34. The Kier molecular flexibility index (Phi) is 9.65. The molecule has 38 heavy (non-hydrogen) atoms. The SMILES string of the molecule is COc1cccc(CN(C(=O)Cc2cccs2)C(C(=O)NC2CCCCC2)c2ccc(OC)c(OC)c2)c1. The van der Waals surface area contributed by atoms with Crippen molar-refractivity contribution in [1.82, 2.24) is 10.2 Å². The summed E-state index contributed by atoms with van der Waals surface area (Å²) in [5.41, 5.74) is 1.54. The second kappa shape index (κ2) is 13.3. The van der Waals surface area contributed by atoms with E-state index in [1.807, 2.05) is 47.8 Å². The molecule has 0 saturated heterocycles. The molecule has 2 aromatic carbocycles. The van der Waals surface area contributed by atoms with Gasteiger partial charge in [0.1, 0.15) is 11.8 Å². The van der Waals surface area contributed by atoms with E-state index in [-0.39, 0.29) is 30.8 Å². The predicted octanol–water partition coefficient (Wildman–Crippen LogP) is 5.54. The molecule has 1 N–H and O–H groups in total. The van der Waals surface area contributed by atoms with Crippen molar-refractivity contribution in [2.24, 2.45) is 0 Å². The van der Waals surface area contributed by atoms with Crippen molar-refractivity contribution < 1.29 is 23.8 Å². The van der Waals surface area contributed by atoms with E-state index in [1.54, 1.807) is 38.4 Å². The largest absolute Gasteiger partial charge is 0.497 e. The standard InChI is InChI=1S/C30H36N2O5S/c1-35-24-12-7-9-21(17-24)20-32(28(33)19-25-13-8-16-38-25)29(30(34)31-23-10-5-4-6-11-23)22-14-15-26(36-2)27(18-22)37-3/h7-9,12-18,23,29H,4-6,10-11,19-20H2,1-3H3,(H,31,34). The number of carbonyl (C=O) groups is 2. The van der Waals surface area contributed by atoms with Crippen LogP contribution in [-0.2, 0) is 22.6 Å². The summed E-state index contributed by atoms with van der Waals surface area (Å²) >= 11 is 1.53. The Balaban J connectivity index is 1.75. The van der Waals surface area contributed by atoms with Crippen LogP contribution in [0.15, 0.2) is 60.0 Å². The Morgan fingerprint density at radius 3 is 2.42 bits per heavy atom. The first-order valence-corrected chi connectivity index (χ1v) is 13.9. The van der Waals surface area contributed by atoms with Crippen molar-refractivity contribution in [3.05, 3.63) is 76.0 Å². The Hall–Kier alpha value is -3.52. The highest BCUT2D eigenvalue weighted by molar-refractivity contribution is 7.10. The van der Waals surface area contributed by atoms with Crippen molar-refractivity contribution >= 4 is 23.2 Å². The number of benzene rings is 2. The van der Waals surface area contributed by atoms with Gasteiger partial charge in [-0.25, -0.2) is 0 Å². The van der Waals surface area contributed by atoms with E-state index >= 15 is 0 Å². The molecule has 1 aliphatic carbocycles. The van der Waals surface area contributed by atoms with Gasteiger partial charge in [0.2, 0.25) is 11.8 Å². The van der Waals surface area contributed by atoms with Crippen molar-refractivity contribution in [2.75, 3.05) is 21.3 Å². The normalized spacial score (nSPS) is 14.4. The Bertz CT molecular complexity index is 1210. The van der Waals surface area contributed by atoms with Gasteiger partial charge in [-0.1, -0.05) is 43.5 Å². The van der Waals surface area contributed by atoms with Gasteiger partial charge in [-0.05, 0) is 59.7 Å². The van der Waals surface area contributed by atoms with Gasteiger partial charge in [-0.2, -0.15) is 0 Å². The quantitative estimate of drug-likeness (QED) is 0.348. The van der Waals surface area contributed by atoms with E-state index in [1.165, 1.54) is 17.8 Å². The molecule has 7 nitrogen and oxygen atoms in total. The van der Waals surface area contributed by atoms with Gasteiger partial charge in [-0.15, -0.1) is 11.3 Å². The molecule has 202 valence electrons. The zero-order valence-corrected chi connectivity index (χ0v) is 23.1. The molecule has 1 saturated carbocycles. The summed E-state index contributed by atoms with van der Waals surface area (Å²) in [5, 5.41) is 5.21. The Labute approximate surface area is 228 Å². The number of amides is 2. The molecule has 0 radical (unpaired) electrons. The van der Waals surface area contributed by atoms with Crippen LogP contribution < -0.4 is 19.5 Å². The highest BCUT2D eigenvalue weighted by Gasteiger charge is 2.34. The van der Waals surface area contributed by atoms with Crippen molar-refractivity contribution in [3.8, 4) is 17.2 Å². The van der Waals surface area contributed by atoms with E-state index < -0.39 is 6.04 Å². The first-order chi connectivity index (χ1) is 18.5. The van der Waals surface area contributed by atoms with Crippen LogP contribution in [-0.4, -0.2) is 44.1 Å². The first kappa shape index (κ1) is 27.5. The third-order valence-electron chi connectivity index (χ3n) is 6.95. The van der Waals surface area contributed by atoms with Crippen molar-refractivity contribution in [1.29, 1.82) is 0 Å². The minimum atomic E-state index is -0.851. The fourth-order valence-electron chi connectivity index (χ4n) is 4.98. The van der Waals surface area contributed by atoms with Crippen LogP contribution >= 0.6 is 11.3 Å². The summed E-state index contributed by atoms with van der Waals surface area (Å²) < 4.78 is 16.4. The third kappa shape index (κ3) is 6.86. The van der Waals surface area contributed by atoms with Crippen molar-refractivity contribution in [3.63, 3.8) is 0 Å². The molecule has 0 aliphatic heterocycles. The number of hydrogen-bond acceptors (Lipinski definition) is 6. The smallest absolute Gasteiger partial charge is 0.247 e. The molecule has 1 aliphatic rings. The van der Waals surface area contributed by atoms with Gasteiger partial charge in [0.05, 0.1) is 27.8 Å². The van der Waals surface area contributed by atoms with Gasteiger partial charge >= 0.3 is 0 Å². The summed E-state index contributed by atoms with van der Waals surface area (Å²) in [7, 11) is 4.75. The van der Waals surface area contributed by atoms with Crippen LogP contribution in [0.3, 0.4) is 0 Å². The molecule has 8 heteroatoms. The number of hydrogen-bond donors (Lipinski definition) is 1. The van der Waals surface area contributed by atoms with Gasteiger partial charge < -0.3 is 24.4 Å². The molecule has 4 rings (SSSR count). The number of methoxy groups -OCH3 is 3. The van der Waals surface area contributed by atoms with Crippen LogP contribution in [0.25, 0.3) is 0 Å². The Morgan fingerprint density at radius 2 is 1.74 bits per heavy atom. The molecular formula is C30H36N2O5S. The van der Waals surface area contributed by atoms with Crippen molar-refractivity contribution in [2.45, 2.75) is 57.2 Å². The maximum atomic E-state index is 14.0. The summed E-state index contributed by atoms with van der Waals surface area (Å²) in [6, 6.07) is 16.1. The van der Waals surface area contributed by atoms with Gasteiger partial charge in [0.15, 0.2) is 11.5 Å². The number of ether oxygens (including phenoxy) is 3. The number of thiophene rings is 1. The number of rotatable bonds is 11. The van der Waals surface area contributed by atoms with Crippen LogP contribution in [0.5, 0.6) is 17.2 Å². The maximum absolute atomic E-state index is 14.0. The molecule has 1 aromatic heterocycles. The third-order valence-corrected chi connectivity index (χ3v) is 7.82. The maximum Gasteiger partial charge on any atom is 0.247 e. The van der Waals surface area contributed by atoms with Gasteiger partial charge in [0, 0.05) is 17.5 Å². The molecule has 1 unspecified atom stereocenters. The minimum absolute atomic E-state index is 0.102. The first-order valence-electron chi connectivity index (χ1n) is 13.0. The van der Waals surface area contributed by atoms with Crippen LogP contribution in [0.4, 0.5) is 0 Å². The molecule has 1 atom stereocenters. The number of carbonyl (C=O) groups excluding carboxylic acids is 2. The van der Waals surface area contributed by atoms with E-state index in [9.17, 15) is 9.59 Å². The van der Waals surface area contributed by atoms with E-state index in [0.29, 0.717) is 22.8 Å². The van der Waals surface area contributed by atoms with Crippen LogP contribution in [0, 0.1) is 0 Å². The fraction of sp³-hybridized carbons (Fsp3) is 0.400. The minimum Gasteiger partial charge on any atom is -0.497 e. The second-order valence-electron chi connectivity index (χ2n) is 9.49. The molecular weight excluding hydrogens is 500 g/mol. The summed E-state index contributed by atoms with van der Waals surface area (Å²) in [6.07, 6.45) is 5.48. The lowest BCUT2D eigenvalue weighted by molar-refractivity contribution is -0.141. The lowest BCUT2D eigenvalue weighted by atomic mass is 9.94. The number of nitrogens with one attached hydrogen (secondary N) is 1. The monoisotopic (exact) mass is 536 g/mol. The fourth-order valence-corrected chi connectivity index (χ4v) is 5.67. The molecule has 1 heterocycles. The summed E-state index contributed by atoms with van der Waals surface area (Å²) in [4.78, 5) is 30.6. The van der Waals surface area contributed by atoms with Crippen LogP contribution in [0.2, 0.25) is 0 Å². The number of nitrogens with zero attached hydrogens (tertiary/aromatic N) is 1.